The van der Waals surface area contributed by atoms with E-state index in [1.54, 1.807) is 0 Å². The smallest absolute Gasteiger partial charge is 0.0640 e. The van der Waals surface area contributed by atoms with E-state index in [0.717, 1.165) is 0 Å². The summed E-state index contributed by atoms with van der Waals surface area (Å²) >= 11 is 0. The third kappa shape index (κ3) is 4.56. The molecule has 0 aliphatic heterocycles. The third-order valence-corrected chi connectivity index (χ3v) is 1.35. The molecule has 3 heteroatoms. The van der Waals surface area contributed by atoms with Gasteiger partial charge in [-0.05, 0) is 26.4 Å². The van der Waals surface area contributed by atoms with Crippen LogP contribution in [-0.4, -0.2) is 50.2 Å². The van der Waals surface area contributed by atoms with Crippen molar-refractivity contribution in [2.75, 3.05) is 28.2 Å². The van der Waals surface area contributed by atoms with E-state index in [-0.39, 0.29) is 6.04 Å². The molecule has 0 radical (unpaired) electrons. The number of likely N-dealkylation sites (N-methyl/N-ethyl adjacent to an activating group) is 1. The number of hydrogen-bond acceptors (Lipinski definition) is 3. The van der Waals surface area contributed by atoms with Crippen molar-refractivity contribution >= 4 is 6.21 Å². The molecule has 0 rings (SSSR count). The first-order valence-corrected chi connectivity index (χ1v) is 3.59. The van der Waals surface area contributed by atoms with Gasteiger partial charge in [0.15, 0.2) is 0 Å². The van der Waals surface area contributed by atoms with Gasteiger partial charge in [0.05, 0.1) is 6.04 Å². The number of rotatable bonds is 4. The van der Waals surface area contributed by atoms with Crippen LogP contribution in [-0.2, 0) is 0 Å². The van der Waals surface area contributed by atoms with E-state index < -0.39 is 0 Å². The van der Waals surface area contributed by atoms with E-state index in [4.69, 9.17) is 5.41 Å². The lowest BCUT2D eigenvalue weighted by Gasteiger charge is -2.16. The molecule has 11 heavy (non-hydrogen) atoms. The fraction of sp³-hybridized carbons (Fsp3) is 0.625. The SMILES string of the molecule is CN(C)/C=C/C(C=N)N(C)C. The second-order valence-electron chi connectivity index (χ2n) is 2.93. The summed E-state index contributed by atoms with van der Waals surface area (Å²) in [4.78, 5) is 3.94. The minimum atomic E-state index is 0.109. The van der Waals surface area contributed by atoms with Crippen molar-refractivity contribution in [3.63, 3.8) is 0 Å². The van der Waals surface area contributed by atoms with E-state index >= 15 is 0 Å². The van der Waals surface area contributed by atoms with Gasteiger partial charge < -0.3 is 10.3 Å². The van der Waals surface area contributed by atoms with Crippen LogP contribution < -0.4 is 0 Å². The molecule has 64 valence electrons. The Morgan fingerprint density at radius 1 is 1.18 bits per heavy atom. The monoisotopic (exact) mass is 155 g/mol. The standard InChI is InChI=1S/C8H17N3/c1-10(2)6-5-8(7-9)11(3)4/h5-9H,1-4H3/b6-5+,9-7?. The molecule has 3 nitrogen and oxygen atoms in total. The highest BCUT2D eigenvalue weighted by atomic mass is 15.1. The molecular weight excluding hydrogens is 138 g/mol. The second kappa shape index (κ2) is 4.91. The summed E-state index contributed by atoms with van der Waals surface area (Å²) in [5.41, 5.74) is 0. The van der Waals surface area contributed by atoms with Crippen molar-refractivity contribution in [2.24, 2.45) is 0 Å². The third-order valence-electron chi connectivity index (χ3n) is 1.35. The lowest BCUT2D eigenvalue weighted by molar-refractivity contribution is 0.407. The highest BCUT2D eigenvalue weighted by Crippen LogP contribution is 1.91. The maximum Gasteiger partial charge on any atom is 0.0640 e. The van der Waals surface area contributed by atoms with E-state index in [1.165, 1.54) is 6.21 Å². The number of nitrogens with one attached hydrogen (secondary N) is 1. The zero-order valence-electron chi connectivity index (χ0n) is 7.70. The van der Waals surface area contributed by atoms with Gasteiger partial charge in [0.2, 0.25) is 0 Å². The summed E-state index contributed by atoms with van der Waals surface area (Å²) in [6, 6.07) is 0.109. The van der Waals surface area contributed by atoms with Gasteiger partial charge >= 0.3 is 0 Å². The topological polar surface area (TPSA) is 30.3 Å². The highest BCUT2D eigenvalue weighted by molar-refractivity contribution is 5.63. The molecule has 1 N–H and O–H groups in total. The molecular formula is C8H17N3. The van der Waals surface area contributed by atoms with Gasteiger partial charge in [-0.2, -0.15) is 0 Å². The molecule has 1 unspecified atom stereocenters. The lowest BCUT2D eigenvalue weighted by atomic mass is 10.3. The van der Waals surface area contributed by atoms with Crippen LogP contribution in [0.1, 0.15) is 0 Å². The molecule has 0 bridgehead atoms. The Kier molecular flexibility index (Phi) is 4.54. The first kappa shape index (κ1) is 10.2. The van der Waals surface area contributed by atoms with E-state index in [1.807, 2.05) is 50.3 Å². The molecule has 0 aliphatic carbocycles. The van der Waals surface area contributed by atoms with E-state index in [2.05, 4.69) is 0 Å². The van der Waals surface area contributed by atoms with Crippen molar-refractivity contribution in [3.8, 4) is 0 Å². The van der Waals surface area contributed by atoms with E-state index in [9.17, 15) is 0 Å². The summed E-state index contributed by atoms with van der Waals surface area (Å²) in [5, 5.41) is 7.10. The Morgan fingerprint density at radius 2 is 1.73 bits per heavy atom. The van der Waals surface area contributed by atoms with Crippen molar-refractivity contribution in [1.29, 1.82) is 5.41 Å². The zero-order valence-corrected chi connectivity index (χ0v) is 7.70. The quantitative estimate of drug-likeness (QED) is 0.604. The number of hydrogen-bond donors (Lipinski definition) is 1. The molecule has 0 heterocycles. The maximum absolute atomic E-state index is 7.10. The largest absolute Gasteiger partial charge is 0.384 e. The first-order valence-electron chi connectivity index (χ1n) is 3.59. The van der Waals surface area contributed by atoms with Gasteiger partial charge in [0.25, 0.3) is 0 Å². The van der Waals surface area contributed by atoms with Gasteiger partial charge in [-0.1, -0.05) is 0 Å². The summed E-state index contributed by atoms with van der Waals surface area (Å²) in [6.45, 7) is 0. The molecule has 1 atom stereocenters. The Morgan fingerprint density at radius 3 is 2.00 bits per heavy atom. The molecule has 0 saturated carbocycles. The molecule has 0 aromatic carbocycles. The van der Waals surface area contributed by atoms with Crippen LogP contribution in [0.2, 0.25) is 0 Å². The van der Waals surface area contributed by atoms with Gasteiger partial charge in [-0.15, -0.1) is 0 Å². The van der Waals surface area contributed by atoms with Gasteiger partial charge in [-0.25, -0.2) is 0 Å². The number of nitrogens with zero attached hydrogens (tertiary/aromatic N) is 2. The van der Waals surface area contributed by atoms with Gasteiger partial charge in [0.1, 0.15) is 0 Å². The Hall–Kier alpha value is -0.830. The fourth-order valence-corrected chi connectivity index (χ4v) is 0.637. The zero-order chi connectivity index (χ0) is 8.85. The average Bonchev–Trinajstić information content (AvgIpc) is 1.87. The van der Waals surface area contributed by atoms with Crippen LogP contribution in [0.25, 0.3) is 0 Å². The molecule has 0 fully saturated rings. The second-order valence-corrected chi connectivity index (χ2v) is 2.93. The van der Waals surface area contributed by atoms with Crippen molar-refractivity contribution < 1.29 is 0 Å². The molecule has 0 amide bonds. The lowest BCUT2D eigenvalue weighted by Crippen LogP contribution is -2.27. The van der Waals surface area contributed by atoms with E-state index in [0.29, 0.717) is 0 Å². The van der Waals surface area contributed by atoms with Crippen LogP contribution in [0.5, 0.6) is 0 Å². The average molecular weight is 155 g/mol. The molecule has 0 aliphatic rings. The first-order chi connectivity index (χ1) is 5.07. The van der Waals surface area contributed by atoms with Crippen molar-refractivity contribution in [2.45, 2.75) is 6.04 Å². The van der Waals surface area contributed by atoms with Crippen molar-refractivity contribution in [3.05, 3.63) is 12.3 Å². The Bertz CT molecular complexity index is 138. The predicted molar refractivity (Wildman–Crippen MR) is 49.1 cm³/mol. The van der Waals surface area contributed by atoms with Gasteiger partial charge in [0, 0.05) is 20.3 Å². The predicted octanol–water partition coefficient (Wildman–Crippen LogP) is 0.641. The minimum absolute atomic E-state index is 0.109. The summed E-state index contributed by atoms with van der Waals surface area (Å²) < 4.78 is 0. The summed E-state index contributed by atoms with van der Waals surface area (Å²) in [5.74, 6) is 0. The maximum atomic E-state index is 7.10. The fourth-order valence-electron chi connectivity index (χ4n) is 0.637. The molecule has 0 aromatic heterocycles. The van der Waals surface area contributed by atoms with Crippen LogP contribution in [0.4, 0.5) is 0 Å². The van der Waals surface area contributed by atoms with Crippen molar-refractivity contribution in [1.82, 2.24) is 9.80 Å². The Balaban J connectivity index is 3.97. The minimum Gasteiger partial charge on any atom is -0.384 e. The van der Waals surface area contributed by atoms with Crippen LogP contribution in [0.3, 0.4) is 0 Å². The highest BCUT2D eigenvalue weighted by Gasteiger charge is 2.00. The molecule has 0 saturated heterocycles. The summed E-state index contributed by atoms with van der Waals surface area (Å²) in [6.07, 6.45) is 5.35. The summed E-state index contributed by atoms with van der Waals surface area (Å²) in [7, 11) is 7.84. The molecule has 0 spiro atoms. The Labute approximate surface area is 68.8 Å². The van der Waals surface area contributed by atoms with Crippen LogP contribution in [0, 0.1) is 5.41 Å². The molecule has 0 aromatic rings. The van der Waals surface area contributed by atoms with Crippen LogP contribution >= 0.6 is 0 Å². The normalized spacial score (nSPS) is 13.9. The van der Waals surface area contributed by atoms with Crippen LogP contribution in [0.15, 0.2) is 12.3 Å². The van der Waals surface area contributed by atoms with Gasteiger partial charge in [-0.3, -0.25) is 4.90 Å².